The van der Waals surface area contributed by atoms with E-state index < -0.39 is 8.07 Å². The molecule has 2 fully saturated rings. The maximum absolute atomic E-state index is 13.9. The molecule has 4 heteroatoms. The van der Waals surface area contributed by atoms with E-state index in [9.17, 15) is 4.79 Å². The fourth-order valence-electron chi connectivity index (χ4n) is 5.54. The molecule has 0 radical (unpaired) electrons. The molecule has 2 saturated heterocycles. The molecule has 180 valence electrons. The number of unbranched alkanes of at least 4 members (excludes halogenated alkanes) is 1. The second kappa shape index (κ2) is 8.71. The molecule has 0 bridgehead atoms. The topological polar surface area (TPSA) is 23.6 Å². The maximum Gasteiger partial charge on any atom is 0.193 e. The number of allylic oxidation sites excluding steroid dienone is 1. The summed E-state index contributed by atoms with van der Waals surface area (Å²) < 4.78 is 0. The number of hydrogen-bond acceptors (Lipinski definition) is 3. The van der Waals surface area contributed by atoms with Gasteiger partial charge >= 0.3 is 0 Å². The first-order chi connectivity index (χ1) is 16.1. The van der Waals surface area contributed by atoms with Crippen LogP contribution >= 0.6 is 0 Å². The minimum absolute atomic E-state index is 0.219. The normalized spacial score (nSPS) is 19.0. The van der Waals surface area contributed by atoms with Gasteiger partial charge in [-0.3, -0.25) is 4.79 Å². The zero-order chi connectivity index (χ0) is 24.1. The second-order valence-electron chi connectivity index (χ2n) is 12.2. The van der Waals surface area contributed by atoms with Crippen molar-refractivity contribution >= 4 is 41.7 Å². The lowest BCUT2D eigenvalue weighted by Crippen LogP contribution is -2.60. The fraction of sp³-hybridized carbons (Fsp3) is 0.500. The molecule has 3 heterocycles. The van der Waals surface area contributed by atoms with Crippen molar-refractivity contribution < 1.29 is 4.79 Å². The average molecular weight is 473 g/mol. The summed E-state index contributed by atoms with van der Waals surface area (Å²) in [5.41, 5.74) is 5.99. The Morgan fingerprint density at radius 2 is 1.56 bits per heavy atom. The molecule has 0 aliphatic carbocycles. The van der Waals surface area contributed by atoms with Gasteiger partial charge in [-0.1, -0.05) is 46.0 Å². The molecule has 2 aromatic rings. The monoisotopic (exact) mass is 472 g/mol. The molecular formula is C30H40N2OSi. The highest BCUT2D eigenvalue weighted by Crippen LogP contribution is 2.32. The quantitative estimate of drug-likeness (QED) is 0.398. The van der Waals surface area contributed by atoms with Gasteiger partial charge in [0.1, 0.15) is 8.07 Å². The summed E-state index contributed by atoms with van der Waals surface area (Å²) in [6.07, 6.45) is 10.5. The predicted octanol–water partition coefficient (Wildman–Crippen LogP) is 5.70. The lowest BCUT2D eigenvalue weighted by atomic mass is 9.89. The second-order valence-corrected chi connectivity index (χ2v) is 16.5. The number of fused-ring (bicyclic) bond motifs is 2. The third-order valence-corrected chi connectivity index (χ3v) is 11.5. The summed E-state index contributed by atoms with van der Waals surface area (Å²) in [5, 5.41) is 2.64. The Labute approximate surface area is 206 Å². The van der Waals surface area contributed by atoms with Gasteiger partial charge in [-0.05, 0) is 83.8 Å². The lowest BCUT2D eigenvalue weighted by molar-refractivity contribution is 0.104. The van der Waals surface area contributed by atoms with Crippen LogP contribution < -0.4 is 20.2 Å². The number of rotatable bonds is 6. The van der Waals surface area contributed by atoms with Gasteiger partial charge in [0.25, 0.3) is 0 Å². The van der Waals surface area contributed by atoms with Crippen LogP contribution in [0.3, 0.4) is 0 Å². The molecule has 3 nitrogen and oxygen atoms in total. The highest BCUT2D eigenvalue weighted by molar-refractivity contribution is 7.02. The Kier molecular flexibility index (Phi) is 6.00. The van der Waals surface area contributed by atoms with Crippen molar-refractivity contribution in [3.8, 4) is 0 Å². The van der Waals surface area contributed by atoms with Crippen molar-refractivity contribution in [2.75, 3.05) is 36.0 Å². The number of nitrogens with zero attached hydrogens (tertiary/aromatic N) is 2. The third kappa shape index (κ3) is 4.26. The van der Waals surface area contributed by atoms with Crippen molar-refractivity contribution in [2.45, 2.75) is 66.0 Å². The largest absolute Gasteiger partial charge is 0.371 e. The number of hydrogen-bond donors (Lipinski definition) is 0. The van der Waals surface area contributed by atoms with Gasteiger partial charge in [-0.15, -0.1) is 0 Å². The summed E-state index contributed by atoms with van der Waals surface area (Å²) in [4.78, 5) is 18.8. The molecule has 3 aliphatic rings. The molecule has 0 aromatic heterocycles. The van der Waals surface area contributed by atoms with E-state index in [4.69, 9.17) is 0 Å². The van der Waals surface area contributed by atoms with Gasteiger partial charge in [0.05, 0.1) is 0 Å². The highest BCUT2D eigenvalue weighted by Gasteiger charge is 2.40. The number of anilines is 2. The maximum atomic E-state index is 13.9. The van der Waals surface area contributed by atoms with E-state index in [1.807, 2.05) is 0 Å². The predicted molar refractivity (Wildman–Crippen MR) is 149 cm³/mol. The molecule has 0 unspecified atom stereocenters. The molecule has 0 amide bonds. The van der Waals surface area contributed by atoms with Gasteiger partial charge in [-0.25, -0.2) is 0 Å². The molecule has 0 atom stereocenters. The molecule has 0 N–H and O–H groups in total. The van der Waals surface area contributed by atoms with E-state index >= 15 is 0 Å². The van der Waals surface area contributed by atoms with Crippen LogP contribution in [0.1, 0.15) is 74.4 Å². The molecule has 34 heavy (non-hydrogen) atoms. The number of carbonyl (C=O) groups is 1. The number of benzene rings is 2. The van der Waals surface area contributed by atoms with E-state index in [-0.39, 0.29) is 5.78 Å². The Hall–Kier alpha value is -2.33. The van der Waals surface area contributed by atoms with E-state index in [2.05, 4.69) is 86.1 Å². The zero-order valence-corrected chi connectivity index (χ0v) is 22.7. The Morgan fingerprint density at radius 1 is 0.912 bits per heavy atom. The van der Waals surface area contributed by atoms with Crippen molar-refractivity contribution in [2.24, 2.45) is 5.41 Å². The van der Waals surface area contributed by atoms with Crippen LogP contribution in [-0.2, 0) is 0 Å². The Balaban J connectivity index is 1.54. The summed E-state index contributed by atoms with van der Waals surface area (Å²) in [6, 6.07) is 11.3. The SMILES string of the molecule is CC(C)(C)CCC/C=C/c1cc(N2CCC2)cc2c1C(=O)c1ccc(N3CCC3)cc1[Si]2(C)C. The first-order valence-corrected chi connectivity index (χ1v) is 16.2. The van der Waals surface area contributed by atoms with Crippen molar-refractivity contribution in [3.05, 3.63) is 53.1 Å². The summed E-state index contributed by atoms with van der Waals surface area (Å²) in [6.45, 7) is 16.3. The van der Waals surface area contributed by atoms with Gasteiger partial charge in [0.15, 0.2) is 5.78 Å². The molecule has 5 rings (SSSR count). The van der Waals surface area contributed by atoms with Crippen LogP contribution in [-0.4, -0.2) is 40.0 Å². The van der Waals surface area contributed by atoms with E-state index in [1.165, 1.54) is 47.4 Å². The Bertz CT molecular complexity index is 1130. The van der Waals surface area contributed by atoms with Gasteiger partial charge < -0.3 is 9.80 Å². The minimum Gasteiger partial charge on any atom is -0.371 e. The van der Waals surface area contributed by atoms with E-state index in [0.717, 1.165) is 49.3 Å². The molecule has 2 aromatic carbocycles. The molecular weight excluding hydrogens is 432 g/mol. The van der Waals surface area contributed by atoms with Crippen LogP contribution in [0.25, 0.3) is 6.08 Å². The van der Waals surface area contributed by atoms with E-state index in [0.29, 0.717) is 5.41 Å². The van der Waals surface area contributed by atoms with Crippen molar-refractivity contribution in [1.29, 1.82) is 0 Å². The van der Waals surface area contributed by atoms with Crippen LogP contribution in [0.5, 0.6) is 0 Å². The minimum atomic E-state index is -2.02. The average Bonchev–Trinajstić information content (AvgIpc) is 2.68. The summed E-state index contributed by atoms with van der Waals surface area (Å²) in [5.74, 6) is 0.219. The van der Waals surface area contributed by atoms with Gasteiger partial charge in [0, 0.05) is 48.7 Å². The molecule has 0 saturated carbocycles. The van der Waals surface area contributed by atoms with Crippen LogP contribution in [0.4, 0.5) is 11.4 Å². The van der Waals surface area contributed by atoms with Crippen molar-refractivity contribution in [1.82, 2.24) is 0 Å². The van der Waals surface area contributed by atoms with Crippen molar-refractivity contribution in [3.63, 3.8) is 0 Å². The fourth-order valence-corrected chi connectivity index (χ4v) is 8.60. The summed E-state index contributed by atoms with van der Waals surface area (Å²) in [7, 11) is -2.02. The number of carbonyl (C=O) groups excluding carboxylic acids is 1. The smallest absolute Gasteiger partial charge is 0.193 e. The highest BCUT2D eigenvalue weighted by atomic mass is 28.3. The Morgan fingerprint density at radius 3 is 2.18 bits per heavy atom. The van der Waals surface area contributed by atoms with Gasteiger partial charge in [0.2, 0.25) is 0 Å². The molecule has 3 aliphatic heterocycles. The zero-order valence-electron chi connectivity index (χ0n) is 21.7. The van der Waals surface area contributed by atoms with Crippen LogP contribution in [0, 0.1) is 5.41 Å². The lowest BCUT2D eigenvalue weighted by Gasteiger charge is -2.39. The molecule has 0 spiro atoms. The first kappa shape index (κ1) is 23.4. The van der Waals surface area contributed by atoms with E-state index in [1.54, 1.807) is 0 Å². The van der Waals surface area contributed by atoms with Crippen LogP contribution in [0.15, 0.2) is 36.4 Å². The van der Waals surface area contributed by atoms with Crippen LogP contribution in [0.2, 0.25) is 13.1 Å². The number of ketones is 1. The third-order valence-electron chi connectivity index (χ3n) is 8.01. The summed E-state index contributed by atoms with van der Waals surface area (Å²) >= 11 is 0. The van der Waals surface area contributed by atoms with Gasteiger partial charge in [-0.2, -0.15) is 0 Å². The standard InChI is InChI=1S/C30H40N2OSi/c1-30(2,3)14-8-6-7-11-22-19-24(32-17-10-18-32)21-27-28(22)29(33)25-13-12-23(31-15-9-16-31)20-26(25)34(27,4)5/h7,11-13,19-21H,6,8-10,14-18H2,1-5H3/b11-7+. The first-order valence-electron chi connectivity index (χ1n) is 13.2.